The molecule has 0 saturated carbocycles. The van der Waals surface area contributed by atoms with Crippen LogP contribution < -0.4 is 9.47 Å². The van der Waals surface area contributed by atoms with Crippen LogP contribution in [0.15, 0.2) is 54.6 Å². The van der Waals surface area contributed by atoms with E-state index in [2.05, 4.69) is 18.2 Å². The molecule has 2 nitrogen and oxygen atoms in total. The first-order chi connectivity index (χ1) is 9.30. The summed E-state index contributed by atoms with van der Waals surface area (Å²) >= 11 is 0. The predicted octanol–water partition coefficient (Wildman–Crippen LogP) is 4.16. The topological polar surface area (TPSA) is 18.5 Å². The van der Waals surface area contributed by atoms with Gasteiger partial charge in [0.25, 0.3) is 0 Å². The molecule has 0 spiro atoms. The molecule has 0 aliphatic rings. The maximum atomic E-state index is 5.36. The van der Waals surface area contributed by atoms with Gasteiger partial charge in [0, 0.05) is 0 Å². The third kappa shape index (κ3) is 2.79. The molecule has 2 rings (SSSR count). The van der Waals surface area contributed by atoms with E-state index in [1.54, 1.807) is 14.2 Å². The zero-order chi connectivity index (χ0) is 13.7. The fourth-order valence-electron chi connectivity index (χ4n) is 2.12. The highest BCUT2D eigenvalue weighted by molar-refractivity contribution is 5.80. The van der Waals surface area contributed by atoms with Crippen molar-refractivity contribution in [1.29, 1.82) is 0 Å². The molecule has 2 heteroatoms. The van der Waals surface area contributed by atoms with E-state index in [1.807, 2.05) is 43.3 Å². The molecule has 0 radical (unpaired) electrons. The summed E-state index contributed by atoms with van der Waals surface area (Å²) in [5.74, 6) is 1.49. The molecule has 0 fully saturated rings. The highest BCUT2D eigenvalue weighted by atomic mass is 16.5. The van der Waals surface area contributed by atoms with Crippen molar-refractivity contribution in [3.05, 3.63) is 65.7 Å². The van der Waals surface area contributed by atoms with Crippen molar-refractivity contribution < 1.29 is 9.47 Å². The first-order valence-electron chi connectivity index (χ1n) is 6.24. The first-order valence-corrected chi connectivity index (χ1v) is 6.24. The van der Waals surface area contributed by atoms with Crippen LogP contribution in [0.5, 0.6) is 11.5 Å². The summed E-state index contributed by atoms with van der Waals surface area (Å²) in [6.07, 6.45) is 2.11. The Morgan fingerprint density at radius 3 is 2.11 bits per heavy atom. The molecule has 0 saturated heterocycles. The first kappa shape index (κ1) is 13.2. The lowest BCUT2D eigenvalue weighted by Gasteiger charge is -2.12. The van der Waals surface area contributed by atoms with Gasteiger partial charge in [-0.25, -0.2) is 0 Å². The molecule has 0 aliphatic carbocycles. The van der Waals surface area contributed by atoms with Crippen molar-refractivity contribution in [2.24, 2.45) is 0 Å². The number of allylic oxidation sites excluding steroid dienone is 1. The molecule has 2 aromatic rings. The fourth-order valence-corrected chi connectivity index (χ4v) is 2.12. The van der Waals surface area contributed by atoms with Crippen LogP contribution in [0.1, 0.15) is 18.1 Å². The summed E-state index contributed by atoms with van der Waals surface area (Å²) in [6.45, 7) is 2.04. The molecule has 0 heterocycles. The summed E-state index contributed by atoms with van der Waals surface area (Å²) in [7, 11) is 3.30. The molecule has 0 amide bonds. The van der Waals surface area contributed by atoms with E-state index in [0.717, 1.165) is 17.1 Å². The standard InChI is InChI=1S/C17H18O2/c1-4-15(13-8-6-5-7-9-13)14-10-11-16(18-2)17(12-14)19-3/h4-12H,1-3H3/b15-4-. The Labute approximate surface area is 114 Å². The summed E-state index contributed by atoms with van der Waals surface area (Å²) in [6, 6.07) is 16.3. The second-order valence-corrected chi connectivity index (χ2v) is 4.14. The Morgan fingerprint density at radius 2 is 1.53 bits per heavy atom. The van der Waals surface area contributed by atoms with E-state index in [1.165, 1.54) is 11.1 Å². The minimum Gasteiger partial charge on any atom is -0.493 e. The van der Waals surface area contributed by atoms with Crippen LogP contribution in [0.4, 0.5) is 0 Å². The molecule has 0 aromatic heterocycles. The Bertz CT molecular complexity index is 571. The quantitative estimate of drug-likeness (QED) is 0.815. The molecule has 0 N–H and O–H groups in total. The molecule has 0 aliphatic heterocycles. The van der Waals surface area contributed by atoms with Gasteiger partial charge in [0.1, 0.15) is 0 Å². The maximum absolute atomic E-state index is 5.36. The van der Waals surface area contributed by atoms with Crippen LogP contribution in [0.25, 0.3) is 5.57 Å². The van der Waals surface area contributed by atoms with Gasteiger partial charge in [-0.05, 0) is 35.8 Å². The van der Waals surface area contributed by atoms with Gasteiger partial charge in [-0.15, -0.1) is 0 Å². The third-order valence-electron chi connectivity index (χ3n) is 3.07. The van der Waals surface area contributed by atoms with Gasteiger partial charge in [0.15, 0.2) is 11.5 Å². The van der Waals surface area contributed by atoms with Gasteiger partial charge in [-0.1, -0.05) is 42.5 Å². The summed E-state index contributed by atoms with van der Waals surface area (Å²) in [5.41, 5.74) is 3.49. The van der Waals surface area contributed by atoms with Gasteiger partial charge in [-0.3, -0.25) is 0 Å². The highest BCUT2D eigenvalue weighted by Gasteiger charge is 2.08. The third-order valence-corrected chi connectivity index (χ3v) is 3.07. The summed E-state index contributed by atoms with van der Waals surface area (Å²) in [5, 5.41) is 0. The second-order valence-electron chi connectivity index (χ2n) is 4.14. The molecule has 0 bridgehead atoms. The number of hydrogen-bond acceptors (Lipinski definition) is 2. The predicted molar refractivity (Wildman–Crippen MR) is 78.7 cm³/mol. The molecule has 2 aromatic carbocycles. The average molecular weight is 254 g/mol. The van der Waals surface area contributed by atoms with E-state index in [4.69, 9.17) is 9.47 Å². The van der Waals surface area contributed by atoms with Crippen LogP contribution in [0, 0.1) is 0 Å². The minimum atomic E-state index is 0.745. The average Bonchev–Trinajstić information content (AvgIpc) is 2.49. The maximum Gasteiger partial charge on any atom is 0.161 e. The number of benzene rings is 2. The molecule has 0 atom stereocenters. The van der Waals surface area contributed by atoms with E-state index in [-0.39, 0.29) is 0 Å². The van der Waals surface area contributed by atoms with Crippen molar-refractivity contribution in [3.8, 4) is 11.5 Å². The number of hydrogen-bond donors (Lipinski definition) is 0. The van der Waals surface area contributed by atoms with Crippen LogP contribution in [-0.4, -0.2) is 14.2 Å². The molecule has 98 valence electrons. The van der Waals surface area contributed by atoms with Crippen LogP contribution >= 0.6 is 0 Å². The lowest BCUT2D eigenvalue weighted by atomic mass is 9.97. The Hall–Kier alpha value is -2.22. The number of ether oxygens (including phenoxy) is 2. The van der Waals surface area contributed by atoms with Crippen molar-refractivity contribution >= 4 is 5.57 Å². The largest absolute Gasteiger partial charge is 0.493 e. The fraction of sp³-hybridized carbons (Fsp3) is 0.176. The molecular formula is C17H18O2. The lowest BCUT2D eigenvalue weighted by molar-refractivity contribution is 0.355. The lowest BCUT2D eigenvalue weighted by Crippen LogP contribution is -1.93. The van der Waals surface area contributed by atoms with Gasteiger partial charge in [0.05, 0.1) is 14.2 Å². The Kier molecular flexibility index (Phi) is 4.24. The zero-order valence-electron chi connectivity index (χ0n) is 11.5. The SMILES string of the molecule is C/C=C(/c1ccccc1)c1ccc(OC)c(OC)c1. The van der Waals surface area contributed by atoms with Crippen LogP contribution in [0.2, 0.25) is 0 Å². The van der Waals surface area contributed by atoms with Gasteiger partial charge >= 0.3 is 0 Å². The molecule has 19 heavy (non-hydrogen) atoms. The summed E-state index contributed by atoms with van der Waals surface area (Å²) < 4.78 is 10.6. The Balaban J connectivity index is 2.46. The molecule has 0 unspecified atom stereocenters. The van der Waals surface area contributed by atoms with Gasteiger partial charge < -0.3 is 9.47 Å². The van der Waals surface area contributed by atoms with E-state index >= 15 is 0 Å². The van der Waals surface area contributed by atoms with Crippen molar-refractivity contribution in [2.45, 2.75) is 6.92 Å². The molecular weight excluding hydrogens is 236 g/mol. The number of methoxy groups -OCH3 is 2. The normalized spacial score (nSPS) is 11.2. The van der Waals surface area contributed by atoms with E-state index in [9.17, 15) is 0 Å². The smallest absolute Gasteiger partial charge is 0.161 e. The van der Waals surface area contributed by atoms with Crippen molar-refractivity contribution in [2.75, 3.05) is 14.2 Å². The number of rotatable bonds is 4. The van der Waals surface area contributed by atoms with Crippen LogP contribution in [0.3, 0.4) is 0 Å². The van der Waals surface area contributed by atoms with Gasteiger partial charge in [0.2, 0.25) is 0 Å². The van der Waals surface area contributed by atoms with Gasteiger partial charge in [-0.2, -0.15) is 0 Å². The second kappa shape index (κ2) is 6.10. The van der Waals surface area contributed by atoms with Crippen LogP contribution in [-0.2, 0) is 0 Å². The summed E-state index contributed by atoms with van der Waals surface area (Å²) in [4.78, 5) is 0. The monoisotopic (exact) mass is 254 g/mol. The Morgan fingerprint density at radius 1 is 0.842 bits per heavy atom. The zero-order valence-corrected chi connectivity index (χ0v) is 11.5. The highest BCUT2D eigenvalue weighted by Crippen LogP contribution is 2.32. The van der Waals surface area contributed by atoms with E-state index in [0.29, 0.717) is 0 Å². The van der Waals surface area contributed by atoms with Crippen molar-refractivity contribution in [3.63, 3.8) is 0 Å². The minimum absolute atomic E-state index is 0.745. The van der Waals surface area contributed by atoms with E-state index < -0.39 is 0 Å². The van der Waals surface area contributed by atoms with Crippen molar-refractivity contribution in [1.82, 2.24) is 0 Å².